The number of nitrogens with one attached hydrogen (secondary N) is 1. The monoisotopic (exact) mass is 454 g/mol. The van der Waals surface area contributed by atoms with Crippen molar-refractivity contribution in [1.82, 2.24) is 5.73 Å². The molecule has 28 heavy (non-hydrogen) atoms. The van der Waals surface area contributed by atoms with Crippen molar-refractivity contribution in [1.29, 1.82) is 0 Å². The maximum atomic E-state index is 12.3. The molecule has 1 unspecified atom stereocenters. The molecule has 0 bridgehead atoms. The van der Waals surface area contributed by atoms with Crippen LogP contribution in [-0.4, -0.2) is 24.3 Å². The molecule has 0 heterocycles. The van der Waals surface area contributed by atoms with E-state index in [2.05, 4.69) is 74.9 Å². The predicted octanol–water partition coefficient (Wildman–Crippen LogP) is 5.74. The Labute approximate surface area is 179 Å². The van der Waals surface area contributed by atoms with Crippen LogP contribution in [0.2, 0.25) is 13.1 Å². The van der Waals surface area contributed by atoms with Gasteiger partial charge < -0.3 is 0 Å². The molecular formula is C24H29BrNOSi. The molecule has 0 aromatic heterocycles. The zero-order chi connectivity index (χ0) is 20.8. The first-order chi connectivity index (χ1) is 13.0. The average Bonchev–Trinajstić information content (AvgIpc) is 3.02. The highest BCUT2D eigenvalue weighted by atomic mass is 79.9. The Morgan fingerprint density at radius 2 is 1.96 bits per heavy atom. The third-order valence-electron chi connectivity index (χ3n) is 5.67. The molecule has 147 valence electrons. The van der Waals surface area contributed by atoms with E-state index in [1.54, 1.807) is 0 Å². The lowest BCUT2D eigenvalue weighted by molar-refractivity contribution is -0.114. The second kappa shape index (κ2) is 7.72. The van der Waals surface area contributed by atoms with Gasteiger partial charge in [-0.1, -0.05) is 92.7 Å². The normalized spacial score (nSPS) is 19.0. The van der Waals surface area contributed by atoms with Gasteiger partial charge in [0.2, 0.25) is 0 Å². The highest BCUT2D eigenvalue weighted by Crippen LogP contribution is 2.40. The number of halogens is 1. The lowest BCUT2D eigenvalue weighted by Crippen LogP contribution is -2.28. The van der Waals surface area contributed by atoms with Crippen molar-refractivity contribution in [3.63, 3.8) is 0 Å². The highest BCUT2D eigenvalue weighted by Gasteiger charge is 2.30. The third kappa shape index (κ3) is 3.81. The van der Waals surface area contributed by atoms with E-state index in [0.717, 1.165) is 24.0 Å². The SMILES string of the molecule is CCC1=Cc2cc(C(C)(C)C)cc(C3=C(C([NH])=O)C=CC(Br)C3=[Si](C)C)c2C1. The summed E-state index contributed by atoms with van der Waals surface area (Å²) in [6.07, 6.45) is 8.16. The van der Waals surface area contributed by atoms with Gasteiger partial charge in [-0.3, -0.25) is 10.5 Å². The van der Waals surface area contributed by atoms with Crippen LogP contribution in [0.15, 0.2) is 35.4 Å². The zero-order valence-electron chi connectivity index (χ0n) is 17.7. The standard InChI is InChI=1S/C24H29BrNOSi/c1-7-14-10-15-12-16(24(2,3)4)13-19(18(15)11-14)21-17(23(26)27)8-9-20(25)22(21)28(5)6/h8-10,12-13,20,26H,7,11H2,1-6H3. The number of carbonyl (C=O) groups is 1. The first-order valence-corrected chi connectivity index (χ1v) is 13.3. The number of rotatable bonds is 3. The molecule has 1 radical (unpaired) electrons. The molecule has 3 rings (SSSR count). The van der Waals surface area contributed by atoms with Gasteiger partial charge in [-0.05, 0) is 51.3 Å². The van der Waals surface area contributed by atoms with Crippen LogP contribution in [0.1, 0.15) is 56.4 Å². The highest BCUT2D eigenvalue weighted by molar-refractivity contribution is 9.10. The minimum Gasteiger partial charge on any atom is -0.267 e. The van der Waals surface area contributed by atoms with Gasteiger partial charge in [0.25, 0.3) is 5.91 Å². The van der Waals surface area contributed by atoms with Crippen molar-refractivity contribution in [2.24, 2.45) is 0 Å². The van der Waals surface area contributed by atoms with E-state index in [0.29, 0.717) is 5.57 Å². The number of alkyl halides is 1. The first-order valence-electron chi connectivity index (χ1n) is 9.92. The maximum absolute atomic E-state index is 12.3. The number of hydrogen-bond donors (Lipinski definition) is 0. The predicted molar refractivity (Wildman–Crippen MR) is 126 cm³/mol. The summed E-state index contributed by atoms with van der Waals surface area (Å²) in [5.74, 6) is -0.594. The van der Waals surface area contributed by atoms with Crippen LogP contribution in [-0.2, 0) is 16.6 Å². The van der Waals surface area contributed by atoms with E-state index in [-0.39, 0.29) is 10.2 Å². The van der Waals surface area contributed by atoms with Gasteiger partial charge in [-0.25, -0.2) is 0 Å². The molecule has 1 amide bonds. The molecule has 0 saturated heterocycles. The largest absolute Gasteiger partial charge is 0.270 e. The van der Waals surface area contributed by atoms with E-state index in [9.17, 15) is 4.79 Å². The lowest BCUT2D eigenvalue weighted by Gasteiger charge is -2.28. The molecule has 0 saturated carbocycles. The number of carbonyl (C=O) groups excluding carboxylic acids is 1. The molecule has 0 aliphatic heterocycles. The van der Waals surface area contributed by atoms with Gasteiger partial charge in [-0.15, -0.1) is 0 Å². The number of fused-ring (bicyclic) bond motifs is 1. The zero-order valence-corrected chi connectivity index (χ0v) is 20.3. The van der Waals surface area contributed by atoms with Gasteiger partial charge in [-0.2, -0.15) is 0 Å². The summed E-state index contributed by atoms with van der Waals surface area (Å²) in [5.41, 5.74) is 16.0. The Balaban J connectivity index is 2.39. The van der Waals surface area contributed by atoms with E-state index in [4.69, 9.17) is 5.73 Å². The molecule has 2 aliphatic rings. The van der Waals surface area contributed by atoms with E-state index in [1.807, 2.05) is 12.2 Å². The van der Waals surface area contributed by atoms with Crippen molar-refractivity contribution in [2.45, 2.75) is 63.9 Å². The molecule has 1 atom stereocenters. The van der Waals surface area contributed by atoms with Gasteiger partial charge in [0.05, 0.1) is 4.83 Å². The molecule has 0 fully saturated rings. The summed E-state index contributed by atoms with van der Waals surface area (Å²) < 4.78 is 0. The quantitative estimate of drug-likeness (QED) is 0.423. The number of benzene rings is 1. The second-order valence-electron chi connectivity index (χ2n) is 8.97. The van der Waals surface area contributed by atoms with Crippen LogP contribution in [0.5, 0.6) is 0 Å². The molecule has 2 aliphatic carbocycles. The summed E-state index contributed by atoms with van der Waals surface area (Å²) in [4.78, 5) is 12.4. The van der Waals surface area contributed by atoms with Crippen LogP contribution in [0.25, 0.3) is 11.6 Å². The summed E-state index contributed by atoms with van der Waals surface area (Å²) in [7, 11) is -0.820. The Kier molecular flexibility index (Phi) is 5.84. The van der Waals surface area contributed by atoms with Crippen LogP contribution in [0, 0.1) is 0 Å². The maximum Gasteiger partial charge on any atom is 0.270 e. The van der Waals surface area contributed by atoms with Crippen molar-refractivity contribution < 1.29 is 4.79 Å². The summed E-state index contributed by atoms with van der Waals surface area (Å²) >= 11 is 3.82. The third-order valence-corrected chi connectivity index (χ3v) is 8.49. The number of amides is 1. The van der Waals surface area contributed by atoms with Crippen molar-refractivity contribution in [3.05, 3.63) is 57.7 Å². The molecule has 1 aromatic rings. The van der Waals surface area contributed by atoms with Crippen LogP contribution < -0.4 is 5.73 Å². The average molecular weight is 455 g/mol. The summed E-state index contributed by atoms with van der Waals surface area (Å²) in [6, 6.07) is 4.60. The lowest BCUT2D eigenvalue weighted by atomic mass is 9.80. The molecular weight excluding hydrogens is 426 g/mol. The van der Waals surface area contributed by atoms with E-state index in [1.165, 1.54) is 27.4 Å². The van der Waals surface area contributed by atoms with Gasteiger partial charge in [0, 0.05) is 14.0 Å². The fourth-order valence-electron chi connectivity index (χ4n) is 4.05. The summed E-state index contributed by atoms with van der Waals surface area (Å²) in [5, 5.41) is 1.29. The van der Waals surface area contributed by atoms with Crippen molar-refractivity contribution >= 4 is 47.1 Å². The minimum absolute atomic E-state index is 0.0168. The van der Waals surface area contributed by atoms with Crippen molar-refractivity contribution in [3.8, 4) is 0 Å². The van der Waals surface area contributed by atoms with Crippen LogP contribution in [0.3, 0.4) is 0 Å². The Hall–Kier alpha value is -1.52. The van der Waals surface area contributed by atoms with E-state index >= 15 is 0 Å². The fourth-order valence-corrected chi connectivity index (χ4v) is 7.22. The minimum atomic E-state index is -0.820. The van der Waals surface area contributed by atoms with E-state index < -0.39 is 14.3 Å². The smallest absolute Gasteiger partial charge is 0.267 e. The van der Waals surface area contributed by atoms with Crippen LogP contribution in [0.4, 0.5) is 0 Å². The van der Waals surface area contributed by atoms with Gasteiger partial charge in [0.1, 0.15) is 0 Å². The number of allylic oxidation sites excluding steroid dienone is 3. The Bertz CT molecular complexity index is 969. The van der Waals surface area contributed by atoms with Gasteiger partial charge in [0.15, 0.2) is 0 Å². The topological polar surface area (TPSA) is 40.9 Å². The summed E-state index contributed by atoms with van der Waals surface area (Å²) in [6.45, 7) is 13.4. The Morgan fingerprint density at radius 1 is 1.29 bits per heavy atom. The van der Waals surface area contributed by atoms with Crippen LogP contribution >= 0.6 is 15.9 Å². The first kappa shape index (κ1) is 21.2. The van der Waals surface area contributed by atoms with Crippen molar-refractivity contribution in [2.75, 3.05) is 0 Å². The number of hydrogen-bond acceptors (Lipinski definition) is 1. The molecule has 1 aromatic carbocycles. The molecule has 0 spiro atoms. The Morgan fingerprint density at radius 3 is 2.50 bits per heavy atom. The molecule has 4 heteroatoms. The molecule has 1 N–H and O–H groups in total. The van der Waals surface area contributed by atoms with Gasteiger partial charge >= 0.3 is 0 Å². The second-order valence-corrected chi connectivity index (χ2v) is 12.5. The molecule has 2 nitrogen and oxygen atoms in total. The fraction of sp³-hybridized carbons (Fsp3) is 0.417.